The first-order valence-corrected chi connectivity index (χ1v) is 5.14. The van der Waals surface area contributed by atoms with Crippen LogP contribution in [0, 0.1) is 6.92 Å². The molecule has 5 heteroatoms. The number of nitrogen functional groups attached to an aromatic ring is 1. The number of anilines is 1. The van der Waals surface area contributed by atoms with Gasteiger partial charge < -0.3 is 5.73 Å². The smallest absolute Gasteiger partial charge is 0.147 e. The van der Waals surface area contributed by atoms with Gasteiger partial charge >= 0.3 is 0 Å². The Morgan fingerprint density at radius 2 is 2.31 bits per heavy atom. The number of rotatable bonds is 1. The molecular formula is C8H8ClN3S. The SMILES string of the molecule is Cc1cc2c(N)nc(CCl)nc2s1. The number of alkyl halides is 1. The summed E-state index contributed by atoms with van der Waals surface area (Å²) < 4.78 is 0. The van der Waals surface area contributed by atoms with Crippen molar-refractivity contribution in [2.75, 3.05) is 5.73 Å². The first-order chi connectivity index (χ1) is 6.20. The third-order valence-corrected chi connectivity index (χ3v) is 2.89. The van der Waals surface area contributed by atoms with Crippen molar-refractivity contribution >= 4 is 39.0 Å². The highest BCUT2D eigenvalue weighted by Gasteiger charge is 2.06. The molecule has 0 spiro atoms. The van der Waals surface area contributed by atoms with Crippen molar-refractivity contribution in [2.45, 2.75) is 12.8 Å². The molecule has 0 unspecified atom stereocenters. The van der Waals surface area contributed by atoms with Gasteiger partial charge in [-0.3, -0.25) is 0 Å². The molecule has 0 atom stereocenters. The van der Waals surface area contributed by atoms with Crippen LogP contribution in [-0.4, -0.2) is 9.97 Å². The van der Waals surface area contributed by atoms with E-state index in [1.54, 1.807) is 11.3 Å². The number of hydrogen-bond donors (Lipinski definition) is 1. The van der Waals surface area contributed by atoms with Gasteiger partial charge in [0.15, 0.2) is 0 Å². The van der Waals surface area contributed by atoms with Gasteiger partial charge in [-0.25, -0.2) is 9.97 Å². The first-order valence-electron chi connectivity index (χ1n) is 3.79. The van der Waals surface area contributed by atoms with E-state index in [1.165, 1.54) is 4.88 Å². The number of thiophene rings is 1. The monoisotopic (exact) mass is 213 g/mol. The molecule has 2 heterocycles. The molecule has 0 saturated heterocycles. The van der Waals surface area contributed by atoms with Crippen LogP contribution in [0.2, 0.25) is 0 Å². The molecule has 0 aliphatic heterocycles. The minimum Gasteiger partial charge on any atom is -0.383 e. The molecule has 0 fully saturated rings. The van der Waals surface area contributed by atoms with Gasteiger partial charge in [0.05, 0.1) is 11.3 Å². The van der Waals surface area contributed by atoms with E-state index in [1.807, 2.05) is 13.0 Å². The number of fused-ring (bicyclic) bond motifs is 1. The van der Waals surface area contributed by atoms with Gasteiger partial charge in [0, 0.05) is 4.88 Å². The van der Waals surface area contributed by atoms with Crippen LogP contribution in [0.4, 0.5) is 5.82 Å². The topological polar surface area (TPSA) is 51.8 Å². The molecule has 0 saturated carbocycles. The average molecular weight is 214 g/mol. The van der Waals surface area contributed by atoms with Gasteiger partial charge in [-0.1, -0.05) is 0 Å². The zero-order chi connectivity index (χ0) is 9.42. The van der Waals surface area contributed by atoms with E-state index in [0.29, 0.717) is 17.5 Å². The predicted octanol–water partition coefficient (Wildman–Crippen LogP) is 2.32. The predicted molar refractivity (Wildman–Crippen MR) is 56.1 cm³/mol. The highest BCUT2D eigenvalue weighted by atomic mass is 35.5. The molecule has 0 aliphatic carbocycles. The van der Waals surface area contributed by atoms with Crippen molar-refractivity contribution in [1.82, 2.24) is 9.97 Å². The van der Waals surface area contributed by atoms with E-state index >= 15 is 0 Å². The Hall–Kier alpha value is -0.870. The van der Waals surface area contributed by atoms with Crippen LogP contribution >= 0.6 is 22.9 Å². The van der Waals surface area contributed by atoms with Crippen LogP contribution in [0.1, 0.15) is 10.7 Å². The number of nitrogens with zero attached hydrogens (tertiary/aromatic N) is 2. The second-order valence-electron chi connectivity index (χ2n) is 2.73. The van der Waals surface area contributed by atoms with E-state index in [0.717, 1.165) is 10.2 Å². The zero-order valence-electron chi connectivity index (χ0n) is 7.04. The summed E-state index contributed by atoms with van der Waals surface area (Å²) in [5.74, 6) is 1.41. The lowest BCUT2D eigenvalue weighted by Crippen LogP contribution is -1.97. The van der Waals surface area contributed by atoms with Gasteiger partial charge in [0.2, 0.25) is 0 Å². The maximum Gasteiger partial charge on any atom is 0.147 e. The highest BCUT2D eigenvalue weighted by Crippen LogP contribution is 2.26. The number of halogens is 1. The summed E-state index contributed by atoms with van der Waals surface area (Å²) in [7, 11) is 0. The normalized spacial score (nSPS) is 10.9. The van der Waals surface area contributed by atoms with Crippen LogP contribution in [0.3, 0.4) is 0 Å². The van der Waals surface area contributed by atoms with Crippen LogP contribution in [0.5, 0.6) is 0 Å². The summed E-state index contributed by atoms with van der Waals surface area (Å²) in [6.07, 6.45) is 0. The Labute approximate surface area is 84.6 Å². The summed E-state index contributed by atoms with van der Waals surface area (Å²) in [5, 5.41) is 0.927. The van der Waals surface area contributed by atoms with E-state index in [2.05, 4.69) is 9.97 Å². The van der Waals surface area contributed by atoms with Crippen LogP contribution in [0.15, 0.2) is 6.07 Å². The third kappa shape index (κ3) is 1.47. The van der Waals surface area contributed by atoms with Crippen molar-refractivity contribution in [2.24, 2.45) is 0 Å². The van der Waals surface area contributed by atoms with Crippen molar-refractivity contribution in [3.8, 4) is 0 Å². The molecule has 3 nitrogen and oxygen atoms in total. The maximum atomic E-state index is 5.74. The molecule has 0 radical (unpaired) electrons. The minimum atomic E-state index is 0.303. The van der Waals surface area contributed by atoms with Gasteiger partial charge in [-0.2, -0.15) is 0 Å². The average Bonchev–Trinajstić information content (AvgIpc) is 2.46. The van der Waals surface area contributed by atoms with Crippen molar-refractivity contribution in [3.63, 3.8) is 0 Å². The van der Waals surface area contributed by atoms with E-state index in [-0.39, 0.29) is 0 Å². The molecule has 0 bridgehead atoms. The molecule has 2 aromatic heterocycles. The molecule has 0 amide bonds. The number of aromatic nitrogens is 2. The fourth-order valence-corrected chi connectivity index (χ4v) is 2.20. The molecule has 0 aromatic carbocycles. The lowest BCUT2D eigenvalue weighted by atomic mass is 10.3. The molecule has 13 heavy (non-hydrogen) atoms. The largest absolute Gasteiger partial charge is 0.383 e. The molecule has 0 aliphatic rings. The van der Waals surface area contributed by atoms with Gasteiger partial charge in [0.25, 0.3) is 0 Å². The Bertz CT molecular complexity index is 452. The molecule has 2 N–H and O–H groups in total. The quantitative estimate of drug-likeness (QED) is 0.740. The van der Waals surface area contributed by atoms with Crippen molar-refractivity contribution in [3.05, 3.63) is 16.8 Å². The lowest BCUT2D eigenvalue weighted by molar-refractivity contribution is 1.08. The molecule has 2 aromatic rings. The van der Waals surface area contributed by atoms with Crippen LogP contribution in [-0.2, 0) is 5.88 Å². The van der Waals surface area contributed by atoms with E-state index < -0.39 is 0 Å². The van der Waals surface area contributed by atoms with Crippen molar-refractivity contribution < 1.29 is 0 Å². The standard InChI is InChI=1S/C8H8ClN3S/c1-4-2-5-7(10)11-6(3-9)12-8(5)13-4/h2H,3H2,1H3,(H2,10,11,12). The fourth-order valence-electron chi connectivity index (χ4n) is 1.17. The lowest BCUT2D eigenvalue weighted by Gasteiger charge is -1.97. The fraction of sp³-hybridized carbons (Fsp3) is 0.250. The Morgan fingerprint density at radius 3 is 3.00 bits per heavy atom. The number of aryl methyl sites for hydroxylation is 1. The Balaban J connectivity index is 2.75. The Morgan fingerprint density at radius 1 is 1.54 bits per heavy atom. The van der Waals surface area contributed by atoms with Crippen molar-refractivity contribution in [1.29, 1.82) is 0 Å². The molecular weight excluding hydrogens is 206 g/mol. The van der Waals surface area contributed by atoms with Crippen LogP contribution in [0.25, 0.3) is 10.2 Å². The molecule has 68 valence electrons. The van der Waals surface area contributed by atoms with E-state index in [4.69, 9.17) is 17.3 Å². The summed E-state index contributed by atoms with van der Waals surface area (Å²) >= 11 is 7.24. The number of hydrogen-bond acceptors (Lipinski definition) is 4. The summed E-state index contributed by atoms with van der Waals surface area (Å²) in [6, 6.07) is 1.99. The number of nitrogens with two attached hydrogens (primary N) is 1. The molecule has 2 rings (SSSR count). The highest BCUT2D eigenvalue weighted by molar-refractivity contribution is 7.18. The second kappa shape index (κ2) is 3.12. The summed E-state index contributed by atoms with van der Waals surface area (Å²) in [4.78, 5) is 10.4. The first kappa shape index (κ1) is 8.72. The summed E-state index contributed by atoms with van der Waals surface area (Å²) in [5.41, 5.74) is 5.74. The Kier molecular flexibility index (Phi) is 2.09. The van der Waals surface area contributed by atoms with Gasteiger partial charge in [-0.05, 0) is 13.0 Å². The summed E-state index contributed by atoms with van der Waals surface area (Å²) in [6.45, 7) is 2.02. The minimum absolute atomic E-state index is 0.303. The van der Waals surface area contributed by atoms with E-state index in [9.17, 15) is 0 Å². The second-order valence-corrected chi connectivity index (χ2v) is 4.24. The van der Waals surface area contributed by atoms with Gasteiger partial charge in [0.1, 0.15) is 16.5 Å². The third-order valence-electron chi connectivity index (χ3n) is 1.71. The van der Waals surface area contributed by atoms with Gasteiger partial charge in [-0.15, -0.1) is 22.9 Å². The van der Waals surface area contributed by atoms with Crippen LogP contribution < -0.4 is 5.73 Å². The zero-order valence-corrected chi connectivity index (χ0v) is 8.61. The maximum absolute atomic E-state index is 5.74.